The van der Waals surface area contributed by atoms with Crippen LogP contribution in [0.15, 0.2) is 0 Å². The van der Waals surface area contributed by atoms with Gasteiger partial charge >= 0.3 is 0 Å². The Morgan fingerprint density at radius 1 is 1.27 bits per heavy atom. The molecule has 11 heavy (non-hydrogen) atoms. The van der Waals surface area contributed by atoms with Crippen molar-refractivity contribution in [2.24, 2.45) is 0 Å². The smallest absolute Gasteiger partial charge is 0.222 e. The molecule has 0 radical (unpaired) electrons. The third kappa shape index (κ3) is 6.36. The summed E-state index contributed by atoms with van der Waals surface area (Å²) in [6.07, 6.45) is -0.359. The molecule has 0 aliphatic rings. The molecule has 0 fully saturated rings. The molecule has 0 N–H and O–H groups in total. The van der Waals surface area contributed by atoms with E-state index in [2.05, 4.69) is 27.8 Å². The standard InChI is InChI=1S/C8H13BrO2/c1-3-10-8(11-4-2)6-5-7-9/h8H,3-4,7H2,1-2H3. The molecule has 0 unspecified atom stereocenters. The summed E-state index contributed by atoms with van der Waals surface area (Å²) in [4.78, 5) is 0. The van der Waals surface area contributed by atoms with Crippen LogP contribution >= 0.6 is 15.9 Å². The highest BCUT2D eigenvalue weighted by Crippen LogP contribution is 1.92. The Kier molecular flexibility index (Phi) is 8.03. The topological polar surface area (TPSA) is 18.5 Å². The first-order valence-corrected chi connectivity index (χ1v) is 4.74. The average molecular weight is 221 g/mol. The second-order valence-corrected chi connectivity index (χ2v) is 2.26. The highest BCUT2D eigenvalue weighted by molar-refractivity contribution is 9.09. The quantitative estimate of drug-likeness (QED) is 0.409. The third-order valence-corrected chi connectivity index (χ3v) is 1.20. The van der Waals surface area contributed by atoms with Crippen LogP contribution < -0.4 is 0 Å². The first-order valence-electron chi connectivity index (χ1n) is 3.62. The maximum Gasteiger partial charge on any atom is 0.222 e. The molecule has 0 heterocycles. The van der Waals surface area contributed by atoms with Gasteiger partial charge in [-0.2, -0.15) is 0 Å². The Labute approximate surface area is 76.4 Å². The molecule has 0 aromatic carbocycles. The van der Waals surface area contributed by atoms with Gasteiger partial charge in [-0.25, -0.2) is 0 Å². The van der Waals surface area contributed by atoms with E-state index >= 15 is 0 Å². The minimum absolute atomic E-state index is 0.359. The van der Waals surface area contributed by atoms with Crippen LogP contribution in [0.5, 0.6) is 0 Å². The highest BCUT2D eigenvalue weighted by Gasteiger charge is 2.00. The van der Waals surface area contributed by atoms with Crippen LogP contribution in [-0.2, 0) is 9.47 Å². The van der Waals surface area contributed by atoms with Crippen molar-refractivity contribution in [3.8, 4) is 11.8 Å². The van der Waals surface area contributed by atoms with Crippen LogP contribution in [0, 0.1) is 11.8 Å². The second kappa shape index (κ2) is 8.06. The average Bonchev–Trinajstić information content (AvgIpc) is 2.01. The van der Waals surface area contributed by atoms with Crippen molar-refractivity contribution in [2.75, 3.05) is 18.5 Å². The number of hydrogen-bond donors (Lipinski definition) is 0. The number of rotatable bonds is 4. The number of halogens is 1. The van der Waals surface area contributed by atoms with Gasteiger partial charge in [-0.1, -0.05) is 21.9 Å². The Bertz CT molecular complexity index is 131. The fourth-order valence-corrected chi connectivity index (χ4v) is 0.718. The highest BCUT2D eigenvalue weighted by atomic mass is 79.9. The lowest BCUT2D eigenvalue weighted by Crippen LogP contribution is -2.14. The van der Waals surface area contributed by atoms with Gasteiger partial charge in [0.1, 0.15) is 0 Å². The zero-order valence-electron chi connectivity index (χ0n) is 6.89. The molecule has 0 amide bonds. The van der Waals surface area contributed by atoms with E-state index in [-0.39, 0.29) is 6.29 Å². The van der Waals surface area contributed by atoms with Crippen molar-refractivity contribution >= 4 is 15.9 Å². The Balaban J connectivity index is 3.68. The summed E-state index contributed by atoms with van der Waals surface area (Å²) < 4.78 is 10.3. The largest absolute Gasteiger partial charge is 0.342 e. The molecule has 0 saturated heterocycles. The fraction of sp³-hybridized carbons (Fsp3) is 0.750. The van der Waals surface area contributed by atoms with Gasteiger partial charge in [0.2, 0.25) is 6.29 Å². The van der Waals surface area contributed by atoms with E-state index < -0.39 is 0 Å². The number of hydrogen-bond acceptors (Lipinski definition) is 2. The summed E-state index contributed by atoms with van der Waals surface area (Å²) in [6.45, 7) is 5.09. The normalized spacial score (nSPS) is 9.45. The van der Waals surface area contributed by atoms with Crippen LogP contribution in [0.25, 0.3) is 0 Å². The molecule has 0 spiro atoms. The molecule has 0 aromatic heterocycles. The maximum absolute atomic E-state index is 5.17. The van der Waals surface area contributed by atoms with Gasteiger partial charge in [0.25, 0.3) is 0 Å². The van der Waals surface area contributed by atoms with Gasteiger partial charge in [-0.3, -0.25) is 0 Å². The van der Waals surface area contributed by atoms with E-state index in [0.717, 1.165) is 0 Å². The lowest BCUT2D eigenvalue weighted by molar-refractivity contribution is -0.0970. The van der Waals surface area contributed by atoms with Gasteiger partial charge in [-0.05, 0) is 19.8 Å². The van der Waals surface area contributed by atoms with E-state index in [1.807, 2.05) is 13.8 Å². The van der Waals surface area contributed by atoms with Crippen LogP contribution in [0.2, 0.25) is 0 Å². The van der Waals surface area contributed by atoms with Crippen molar-refractivity contribution in [1.82, 2.24) is 0 Å². The maximum atomic E-state index is 5.17. The van der Waals surface area contributed by atoms with Gasteiger partial charge < -0.3 is 9.47 Å². The Hall–Kier alpha value is -0.0400. The zero-order chi connectivity index (χ0) is 8.53. The second-order valence-electron chi connectivity index (χ2n) is 1.70. The van der Waals surface area contributed by atoms with Crippen LogP contribution in [0.3, 0.4) is 0 Å². The SMILES string of the molecule is CCOC(C#CCBr)OCC. The molecule has 0 rings (SSSR count). The minimum Gasteiger partial charge on any atom is -0.342 e. The Morgan fingerprint density at radius 3 is 2.18 bits per heavy atom. The summed E-state index contributed by atoms with van der Waals surface area (Å²) in [5, 5.41) is 0.656. The summed E-state index contributed by atoms with van der Waals surface area (Å²) >= 11 is 3.20. The van der Waals surface area contributed by atoms with Crippen LogP contribution in [-0.4, -0.2) is 24.8 Å². The third-order valence-electron chi connectivity index (χ3n) is 0.923. The van der Waals surface area contributed by atoms with Crippen LogP contribution in [0.1, 0.15) is 13.8 Å². The van der Waals surface area contributed by atoms with Gasteiger partial charge in [0.05, 0.1) is 5.33 Å². The lowest BCUT2D eigenvalue weighted by atomic mass is 10.6. The molecule has 0 aromatic rings. The van der Waals surface area contributed by atoms with Crippen molar-refractivity contribution < 1.29 is 9.47 Å². The molecular formula is C8H13BrO2. The molecule has 0 atom stereocenters. The van der Waals surface area contributed by atoms with E-state index in [1.54, 1.807) is 0 Å². The summed E-state index contributed by atoms with van der Waals surface area (Å²) in [6, 6.07) is 0. The van der Waals surface area contributed by atoms with E-state index in [1.165, 1.54) is 0 Å². The van der Waals surface area contributed by atoms with Crippen molar-refractivity contribution in [3.63, 3.8) is 0 Å². The first kappa shape index (κ1) is 11.0. The molecule has 0 aliphatic heterocycles. The van der Waals surface area contributed by atoms with E-state index in [0.29, 0.717) is 18.5 Å². The minimum atomic E-state index is -0.359. The van der Waals surface area contributed by atoms with Crippen LogP contribution in [0.4, 0.5) is 0 Å². The Morgan fingerprint density at radius 2 is 1.82 bits per heavy atom. The molecule has 0 aliphatic carbocycles. The summed E-state index contributed by atoms with van der Waals surface area (Å²) in [5.74, 6) is 5.66. The molecule has 0 bridgehead atoms. The monoisotopic (exact) mass is 220 g/mol. The predicted molar refractivity (Wildman–Crippen MR) is 48.6 cm³/mol. The molecule has 0 saturated carbocycles. The van der Waals surface area contributed by atoms with Crippen molar-refractivity contribution in [3.05, 3.63) is 0 Å². The molecule has 64 valence electrons. The van der Waals surface area contributed by atoms with Gasteiger partial charge in [0.15, 0.2) is 0 Å². The predicted octanol–water partition coefficient (Wildman–Crippen LogP) is 1.78. The number of ether oxygens (including phenoxy) is 2. The lowest BCUT2D eigenvalue weighted by Gasteiger charge is -2.09. The number of alkyl halides is 1. The summed E-state index contributed by atoms with van der Waals surface area (Å²) in [7, 11) is 0. The fourth-order valence-electron chi connectivity index (χ4n) is 0.556. The van der Waals surface area contributed by atoms with Gasteiger partial charge in [0, 0.05) is 13.2 Å². The van der Waals surface area contributed by atoms with Crippen molar-refractivity contribution in [2.45, 2.75) is 20.1 Å². The molecular weight excluding hydrogens is 208 g/mol. The van der Waals surface area contributed by atoms with E-state index in [9.17, 15) is 0 Å². The van der Waals surface area contributed by atoms with Gasteiger partial charge in [-0.15, -0.1) is 0 Å². The van der Waals surface area contributed by atoms with Crippen molar-refractivity contribution in [1.29, 1.82) is 0 Å². The summed E-state index contributed by atoms with van der Waals surface area (Å²) in [5.41, 5.74) is 0. The molecule has 2 nitrogen and oxygen atoms in total. The first-order chi connectivity index (χ1) is 5.35. The van der Waals surface area contributed by atoms with E-state index in [4.69, 9.17) is 9.47 Å². The zero-order valence-corrected chi connectivity index (χ0v) is 8.48. The molecule has 3 heteroatoms.